The quantitative estimate of drug-likeness (QED) is 0.508. The van der Waals surface area contributed by atoms with E-state index in [4.69, 9.17) is 0 Å². The predicted octanol–water partition coefficient (Wildman–Crippen LogP) is 2.09. The second-order valence-corrected chi connectivity index (χ2v) is 1.41. The van der Waals surface area contributed by atoms with Crippen LogP contribution in [0.4, 0.5) is 8.78 Å². The van der Waals surface area contributed by atoms with Gasteiger partial charge in [-0.3, -0.25) is 0 Å². The highest BCUT2D eigenvalue weighted by Crippen LogP contribution is 2.06. The lowest BCUT2D eigenvalue weighted by atomic mass is 10.5. The van der Waals surface area contributed by atoms with Crippen LogP contribution in [0, 0.1) is 0 Å². The molecule has 0 unspecified atom stereocenters. The summed E-state index contributed by atoms with van der Waals surface area (Å²) in [6.45, 7) is 1.06. The molecule has 42 valence electrons. The third-order valence-corrected chi connectivity index (χ3v) is 0.790. The van der Waals surface area contributed by atoms with Crippen molar-refractivity contribution in [3.8, 4) is 0 Å². The first-order chi connectivity index (χ1) is 3.18. The Balaban J connectivity index is 3.72. The molecule has 0 aromatic heterocycles. The second kappa shape index (κ2) is 3.02. The van der Waals surface area contributed by atoms with Crippen molar-refractivity contribution in [2.75, 3.05) is 5.75 Å². The molecule has 3 heteroatoms. The van der Waals surface area contributed by atoms with Gasteiger partial charge in [0.25, 0.3) is 0 Å². The molecule has 0 bridgehead atoms. The highest BCUT2D eigenvalue weighted by atomic mass is 32.1. The van der Waals surface area contributed by atoms with Gasteiger partial charge in [0, 0.05) is 5.75 Å². The summed E-state index contributed by atoms with van der Waals surface area (Å²) >= 11 is 3.48. The molecular weight excluding hydrogens is 118 g/mol. The third kappa shape index (κ3) is 2.62. The monoisotopic (exact) mass is 124 g/mol. The molecule has 0 aliphatic heterocycles. The SMILES string of the molecule is C/C(F)=C(\F)CS. The van der Waals surface area contributed by atoms with Crippen LogP contribution < -0.4 is 0 Å². The van der Waals surface area contributed by atoms with Crippen LogP contribution >= 0.6 is 12.6 Å². The van der Waals surface area contributed by atoms with Gasteiger partial charge >= 0.3 is 0 Å². The highest BCUT2D eigenvalue weighted by molar-refractivity contribution is 7.80. The molecule has 0 saturated carbocycles. The van der Waals surface area contributed by atoms with Crippen LogP contribution in [-0.2, 0) is 0 Å². The van der Waals surface area contributed by atoms with Crippen molar-refractivity contribution in [1.29, 1.82) is 0 Å². The maximum atomic E-state index is 11.7. The molecule has 0 fully saturated rings. The van der Waals surface area contributed by atoms with Crippen LogP contribution in [0.25, 0.3) is 0 Å². The molecule has 0 aromatic carbocycles. The Labute approximate surface area is 46.6 Å². The number of hydrogen-bond acceptors (Lipinski definition) is 1. The normalized spacial score (nSPS) is 13.7. The van der Waals surface area contributed by atoms with E-state index in [0.717, 1.165) is 6.92 Å². The van der Waals surface area contributed by atoms with E-state index in [1.165, 1.54) is 0 Å². The van der Waals surface area contributed by atoms with Crippen molar-refractivity contribution in [2.24, 2.45) is 0 Å². The number of hydrogen-bond donors (Lipinski definition) is 1. The number of allylic oxidation sites excluding steroid dienone is 1. The third-order valence-electron chi connectivity index (χ3n) is 0.513. The fourth-order valence-electron chi connectivity index (χ4n) is 0.109. The zero-order valence-electron chi connectivity index (χ0n) is 3.91. The molecule has 0 rings (SSSR count). The first-order valence-electron chi connectivity index (χ1n) is 1.80. The summed E-state index contributed by atoms with van der Waals surface area (Å²) in [5, 5.41) is 0. The summed E-state index contributed by atoms with van der Waals surface area (Å²) in [5.41, 5.74) is 0. The predicted molar refractivity (Wildman–Crippen MR) is 28.8 cm³/mol. The standard InChI is InChI=1S/C4H6F2S/c1-3(5)4(6)2-7/h7H,2H2,1H3/b4-3+. The maximum absolute atomic E-state index is 11.7. The maximum Gasteiger partial charge on any atom is 0.141 e. The van der Waals surface area contributed by atoms with Crippen LogP contribution in [0.3, 0.4) is 0 Å². The van der Waals surface area contributed by atoms with Crippen molar-refractivity contribution in [3.05, 3.63) is 11.7 Å². The van der Waals surface area contributed by atoms with Crippen molar-refractivity contribution >= 4 is 12.6 Å². The molecule has 7 heavy (non-hydrogen) atoms. The molecule has 0 spiro atoms. The fraction of sp³-hybridized carbons (Fsp3) is 0.500. The van der Waals surface area contributed by atoms with E-state index in [-0.39, 0.29) is 5.75 Å². The zero-order chi connectivity index (χ0) is 5.86. The van der Waals surface area contributed by atoms with Crippen molar-refractivity contribution in [3.63, 3.8) is 0 Å². The minimum atomic E-state index is -0.789. The zero-order valence-corrected chi connectivity index (χ0v) is 4.80. The van der Waals surface area contributed by atoms with Crippen LogP contribution in [0.15, 0.2) is 11.7 Å². The molecule has 0 amide bonds. The summed E-state index contributed by atoms with van der Waals surface area (Å²) in [6, 6.07) is 0. The molecule has 0 heterocycles. The van der Waals surface area contributed by atoms with Gasteiger partial charge < -0.3 is 0 Å². The Bertz CT molecular complexity index is 83.7. The Kier molecular flexibility index (Phi) is 3.00. The lowest BCUT2D eigenvalue weighted by Gasteiger charge is -1.85. The highest BCUT2D eigenvalue weighted by Gasteiger charge is 1.93. The van der Waals surface area contributed by atoms with E-state index in [1.807, 2.05) is 0 Å². The summed E-state index contributed by atoms with van der Waals surface area (Å²) < 4.78 is 23.2. The van der Waals surface area contributed by atoms with Crippen LogP contribution in [0.1, 0.15) is 6.92 Å². The average molecular weight is 124 g/mol. The number of rotatable bonds is 1. The van der Waals surface area contributed by atoms with Gasteiger partial charge in [0.1, 0.15) is 11.7 Å². The van der Waals surface area contributed by atoms with Gasteiger partial charge in [0.05, 0.1) is 0 Å². The average Bonchev–Trinajstić information content (AvgIpc) is 1.65. The van der Waals surface area contributed by atoms with E-state index in [9.17, 15) is 8.78 Å². The van der Waals surface area contributed by atoms with E-state index >= 15 is 0 Å². The van der Waals surface area contributed by atoms with Gasteiger partial charge in [-0.05, 0) is 6.92 Å². The summed E-state index contributed by atoms with van der Waals surface area (Å²) in [4.78, 5) is 0. The van der Waals surface area contributed by atoms with Gasteiger partial charge in [-0.15, -0.1) is 0 Å². The minimum Gasteiger partial charge on any atom is -0.209 e. The van der Waals surface area contributed by atoms with Crippen molar-refractivity contribution < 1.29 is 8.78 Å². The number of thiol groups is 1. The topological polar surface area (TPSA) is 0 Å². The Morgan fingerprint density at radius 1 is 1.57 bits per heavy atom. The molecule has 0 saturated heterocycles. The van der Waals surface area contributed by atoms with Crippen molar-refractivity contribution in [1.82, 2.24) is 0 Å². The lowest BCUT2D eigenvalue weighted by Crippen LogP contribution is -1.74. The van der Waals surface area contributed by atoms with Gasteiger partial charge in [0.15, 0.2) is 0 Å². The molecule has 0 N–H and O–H groups in total. The van der Waals surface area contributed by atoms with Crippen LogP contribution in [0.2, 0.25) is 0 Å². The molecular formula is C4H6F2S. The second-order valence-electron chi connectivity index (χ2n) is 1.10. The van der Waals surface area contributed by atoms with E-state index in [0.29, 0.717) is 0 Å². The van der Waals surface area contributed by atoms with Crippen LogP contribution in [0.5, 0.6) is 0 Å². The Hall–Kier alpha value is -0.0500. The van der Waals surface area contributed by atoms with E-state index < -0.39 is 11.7 Å². The summed E-state index contributed by atoms with van der Waals surface area (Å²) in [5.74, 6) is -1.72. The van der Waals surface area contributed by atoms with Gasteiger partial charge in [-0.25, -0.2) is 8.78 Å². The molecule has 0 aliphatic carbocycles. The first-order valence-corrected chi connectivity index (χ1v) is 2.43. The molecule has 0 aromatic rings. The summed E-state index contributed by atoms with van der Waals surface area (Å²) in [7, 11) is 0. The fourth-order valence-corrected chi connectivity index (χ4v) is 0.327. The van der Waals surface area contributed by atoms with Gasteiger partial charge in [-0.2, -0.15) is 12.6 Å². The molecule has 0 atom stereocenters. The molecule has 0 radical (unpaired) electrons. The first kappa shape index (κ1) is 6.95. The van der Waals surface area contributed by atoms with E-state index in [2.05, 4.69) is 12.6 Å². The molecule has 0 aliphatic rings. The molecule has 0 nitrogen and oxygen atoms in total. The Morgan fingerprint density at radius 2 is 2.00 bits per heavy atom. The minimum absolute atomic E-state index is 0.150. The lowest BCUT2D eigenvalue weighted by molar-refractivity contribution is 0.542. The van der Waals surface area contributed by atoms with Gasteiger partial charge in [0.2, 0.25) is 0 Å². The van der Waals surface area contributed by atoms with Gasteiger partial charge in [-0.1, -0.05) is 0 Å². The number of halogens is 2. The Morgan fingerprint density at radius 3 is 2.00 bits per heavy atom. The van der Waals surface area contributed by atoms with Crippen molar-refractivity contribution in [2.45, 2.75) is 6.92 Å². The van der Waals surface area contributed by atoms with Crippen LogP contribution in [-0.4, -0.2) is 5.75 Å². The van der Waals surface area contributed by atoms with E-state index in [1.54, 1.807) is 0 Å². The largest absolute Gasteiger partial charge is 0.209 e. The summed E-state index contributed by atoms with van der Waals surface area (Å²) in [6.07, 6.45) is 0. The smallest absolute Gasteiger partial charge is 0.141 e.